The van der Waals surface area contributed by atoms with Crippen molar-refractivity contribution in [3.63, 3.8) is 0 Å². The zero-order valence-corrected chi connectivity index (χ0v) is 17.4. The van der Waals surface area contributed by atoms with Gasteiger partial charge in [0.05, 0.1) is 0 Å². The van der Waals surface area contributed by atoms with Crippen LogP contribution in [0.2, 0.25) is 0 Å². The number of hydrogen-bond acceptors (Lipinski definition) is 4. The van der Waals surface area contributed by atoms with Crippen LogP contribution >= 0.6 is 0 Å². The van der Waals surface area contributed by atoms with E-state index in [1.165, 1.54) is 10.3 Å². The minimum atomic E-state index is -0.688. The Kier molecular flexibility index (Phi) is 6.48. The fourth-order valence-corrected chi connectivity index (χ4v) is 4.12. The highest BCUT2D eigenvalue weighted by molar-refractivity contribution is 6.04. The number of imide groups is 1. The fourth-order valence-electron chi connectivity index (χ4n) is 4.12. The number of carbonyl (C=O) groups is 2. The molecule has 3 aromatic rings. The summed E-state index contributed by atoms with van der Waals surface area (Å²) < 4.78 is 5.95. The molecular formula is C25H27N3O3. The molecule has 0 saturated carbocycles. The van der Waals surface area contributed by atoms with Crippen molar-refractivity contribution >= 4 is 22.7 Å². The highest BCUT2D eigenvalue weighted by atomic mass is 16.5. The van der Waals surface area contributed by atoms with Crippen LogP contribution in [-0.2, 0) is 0 Å². The summed E-state index contributed by atoms with van der Waals surface area (Å²) in [5, 5.41) is 2.36. The van der Waals surface area contributed by atoms with Crippen LogP contribution in [0.5, 0.6) is 5.75 Å². The fraction of sp³-hybridized carbons (Fsp3) is 0.280. The van der Waals surface area contributed by atoms with Gasteiger partial charge in [-0.15, -0.1) is 0 Å². The molecule has 0 bridgehead atoms. The van der Waals surface area contributed by atoms with Crippen LogP contribution in [0, 0.1) is 0 Å². The van der Waals surface area contributed by atoms with E-state index in [2.05, 4.69) is 29.2 Å². The minimum Gasteiger partial charge on any atom is -0.492 e. The number of hydrogen-bond donors (Lipinski definition) is 1. The van der Waals surface area contributed by atoms with Crippen molar-refractivity contribution in [1.29, 1.82) is 0 Å². The number of fused-ring (bicyclic) bond motifs is 1. The summed E-state index contributed by atoms with van der Waals surface area (Å²) in [5.41, 5.74) is 6.04. The molecule has 4 rings (SSSR count). The molecule has 1 aliphatic rings. The Morgan fingerprint density at radius 2 is 1.61 bits per heavy atom. The van der Waals surface area contributed by atoms with Gasteiger partial charge in [0, 0.05) is 31.2 Å². The second-order valence-electron chi connectivity index (χ2n) is 7.81. The Bertz CT molecular complexity index is 1050. The van der Waals surface area contributed by atoms with Crippen molar-refractivity contribution in [2.45, 2.75) is 18.9 Å². The van der Waals surface area contributed by atoms with E-state index in [0.29, 0.717) is 25.0 Å². The maximum absolute atomic E-state index is 12.8. The van der Waals surface area contributed by atoms with Crippen LogP contribution in [0.25, 0.3) is 10.8 Å². The first-order valence-electron chi connectivity index (χ1n) is 10.6. The topological polar surface area (TPSA) is 75.9 Å². The number of urea groups is 1. The monoisotopic (exact) mass is 417 g/mol. The van der Waals surface area contributed by atoms with Gasteiger partial charge in [0.25, 0.3) is 5.91 Å². The lowest BCUT2D eigenvalue weighted by Crippen LogP contribution is -2.52. The summed E-state index contributed by atoms with van der Waals surface area (Å²) in [6.07, 6.45) is 1.41. The molecule has 6 nitrogen and oxygen atoms in total. The van der Waals surface area contributed by atoms with Crippen LogP contribution in [0.3, 0.4) is 0 Å². The largest absolute Gasteiger partial charge is 0.492 e. The zero-order chi connectivity index (χ0) is 21.6. The summed E-state index contributed by atoms with van der Waals surface area (Å²) in [5.74, 6) is 0.535. The molecule has 3 aromatic carbocycles. The summed E-state index contributed by atoms with van der Waals surface area (Å²) in [6.45, 7) is 2.96. The molecule has 1 aliphatic heterocycles. The highest BCUT2D eigenvalue weighted by Gasteiger charge is 2.31. The molecule has 3 amide bonds. The quantitative estimate of drug-likeness (QED) is 0.660. The molecule has 1 saturated heterocycles. The summed E-state index contributed by atoms with van der Waals surface area (Å²) >= 11 is 0. The highest BCUT2D eigenvalue weighted by Crippen LogP contribution is 2.22. The Hall–Kier alpha value is -3.38. The van der Waals surface area contributed by atoms with E-state index >= 15 is 0 Å². The molecule has 1 fully saturated rings. The number of ether oxygens (including phenoxy) is 1. The molecule has 1 heterocycles. The number of primary amides is 1. The van der Waals surface area contributed by atoms with Crippen molar-refractivity contribution in [1.82, 2.24) is 9.80 Å². The number of piperidine rings is 1. The predicted octanol–water partition coefficient (Wildman–Crippen LogP) is 3.90. The first kappa shape index (κ1) is 20.9. The lowest BCUT2D eigenvalue weighted by Gasteiger charge is -2.36. The van der Waals surface area contributed by atoms with E-state index in [4.69, 9.17) is 10.5 Å². The lowest BCUT2D eigenvalue weighted by atomic mass is 10.0. The number of carbonyl (C=O) groups excluding carboxylic acids is 2. The number of benzene rings is 3. The SMILES string of the molecule is NC(=O)N(C(=O)c1ccccc1)C1CCN(CCOc2ccc3ccccc3c2)CC1. The molecule has 160 valence electrons. The molecular weight excluding hydrogens is 390 g/mol. The van der Waals surface area contributed by atoms with Gasteiger partial charge < -0.3 is 10.5 Å². The summed E-state index contributed by atoms with van der Waals surface area (Å²) in [6, 6.07) is 22.3. The third-order valence-corrected chi connectivity index (χ3v) is 5.80. The number of rotatable bonds is 6. The zero-order valence-electron chi connectivity index (χ0n) is 17.4. The molecule has 31 heavy (non-hydrogen) atoms. The van der Waals surface area contributed by atoms with Crippen molar-refractivity contribution in [3.05, 3.63) is 78.4 Å². The van der Waals surface area contributed by atoms with Gasteiger partial charge in [0.2, 0.25) is 0 Å². The van der Waals surface area contributed by atoms with Crippen LogP contribution < -0.4 is 10.5 Å². The molecule has 0 unspecified atom stereocenters. The molecule has 0 atom stereocenters. The van der Waals surface area contributed by atoms with Gasteiger partial charge >= 0.3 is 6.03 Å². The van der Waals surface area contributed by atoms with Crippen LogP contribution in [0.1, 0.15) is 23.2 Å². The molecule has 0 radical (unpaired) electrons. The third kappa shape index (κ3) is 5.03. The van der Waals surface area contributed by atoms with Crippen molar-refractivity contribution in [3.8, 4) is 5.75 Å². The van der Waals surface area contributed by atoms with Crippen molar-refractivity contribution in [2.24, 2.45) is 5.73 Å². The van der Waals surface area contributed by atoms with Crippen molar-refractivity contribution in [2.75, 3.05) is 26.2 Å². The number of nitrogens with zero attached hydrogens (tertiary/aromatic N) is 2. The van der Waals surface area contributed by atoms with Gasteiger partial charge in [-0.3, -0.25) is 14.6 Å². The van der Waals surface area contributed by atoms with E-state index in [1.807, 2.05) is 24.3 Å². The van der Waals surface area contributed by atoms with E-state index < -0.39 is 6.03 Å². The standard InChI is InChI=1S/C25H27N3O3/c26-25(30)28(24(29)20-7-2-1-3-8-20)22-12-14-27(15-13-22)16-17-31-23-11-10-19-6-4-5-9-21(19)18-23/h1-11,18,22H,12-17H2,(H2,26,30). The van der Waals surface area contributed by atoms with E-state index in [0.717, 1.165) is 30.8 Å². The summed E-state index contributed by atoms with van der Waals surface area (Å²) in [7, 11) is 0. The van der Waals surface area contributed by atoms with Gasteiger partial charge in [-0.1, -0.05) is 48.5 Å². The van der Waals surface area contributed by atoms with Crippen LogP contribution in [-0.4, -0.2) is 54.0 Å². The second kappa shape index (κ2) is 9.62. The minimum absolute atomic E-state index is 0.178. The van der Waals surface area contributed by atoms with Gasteiger partial charge in [-0.05, 0) is 47.9 Å². The van der Waals surface area contributed by atoms with Gasteiger partial charge in [-0.25, -0.2) is 4.79 Å². The van der Waals surface area contributed by atoms with Gasteiger partial charge in [-0.2, -0.15) is 0 Å². The number of nitrogens with two attached hydrogens (primary N) is 1. The van der Waals surface area contributed by atoms with E-state index in [1.54, 1.807) is 24.3 Å². The molecule has 2 N–H and O–H groups in total. The average Bonchev–Trinajstić information content (AvgIpc) is 2.80. The Labute approximate surface area is 182 Å². The van der Waals surface area contributed by atoms with Crippen LogP contribution in [0.15, 0.2) is 72.8 Å². The maximum Gasteiger partial charge on any atom is 0.322 e. The number of amides is 3. The smallest absolute Gasteiger partial charge is 0.322 e. The molecule has 0 aliphatic carbocycles. The normalized spacial score (nSPS) is 15.0. The van der Waals surface area contributed by atoms with Gasteiger partial charge in [0.1, 0.15) is 12.4 Å². The Morgan fingerprint density at radius 3 is 2.32 bits per heavy atom. The van der Waals surface area contributed by atoms with Crippen molar-refractivity contribution < 1.29 is 14.3 Å². The Balaban J connectivity index is 1.28. The van der Waals surface area contributed by atoms with Crippen LogP contribution in [0.4, 0.5) is 4.79 Å². The predicted molar refractivity (Wildman–Crippen MR) is 121 cm³/mol. The average molecular weight is 418 g/mol. The first-order valence-corrected chi connectivity index (χ1v) is 10.6. The first-order chi connectivity index (χ1) is 15.1. The van der Waals surface area contributed by atoms with E-state index in [9.17, 15) is 9.59 Å². The van der Waals surface area contributed by atoms with Gasteiger partial charge in [0.15, 0.2) is 0 Å². The number of likely N-dealkylation sites (tertiary alicyclic amines) is 1. The third-order valence-electron chi connectivity index (χ3n) is 5.80. The van der Waals surface area contributed by atoms with E-state index in [-0.39, 0.29) is 11.9 Å². The molecule has 6 heteroatoms. The maximum atomic E-state index is 12.8. The molecule has 0 aromatic heterocycles. The summed E-state index contributed by atoms with van der Waals surface area (Å²) in [4.78, 5) is 28.3. The lowest BCUT2D eigenvalue weighted by molar-refractivity contribution is 0.0658. The second-order valence-corrected chi connectivity index (χ2v) is 7.81. The molecule has 0 spiro atoms. The Morgan fingerprint density at radius 1 is 0.935 bits per heavy atom.